The Morgan fingerprint density at radius 2 is 1.74 bits per heavy atom. The molecule has 0 saturated heterocycles. The molecule has 0 fully saturated rings. The van der Waals surface area contributed by atoms with E-state index in [1.165, 1.54) is 5.56 Å². The summed E-state index contributed by atoms with van der Waals surface area (Å²) in [5.41, 5.74) is 3.71. The minimum Gasteiger partial charge on any atom is -0.506 e. The van der Waals surface area contributed by atoms with Crippen molar-refractivity contribution in [3.63, 3.8) is 0 Å². The van der Waals surface area contributed by atoms with Gasteiger partial charge < -0.3 is 10.4 Å². The van der Waals surface area contributed by atoms with Gasteiger partial charge in [0.05, 0.1) is 11.6 Å². The van der Waals surface area contributed by atoms with E-state index < -0.39 is 0 Å². The smallest absolute Gasteiger partial charge is 0.231 e. The zero-order valence-corrected chi connectivity index (χ0v) is 14.3. The lowest BCUT2D eigenvalue weighted by Gasteiger charge is -2.15. The molecule has 1 amide bonds. The predicted octanol–water partition coefficient (Wildman–Crippen LogP) is 4.64. The Balaban J connectivity index is 2.08. The maximum absolute atomic E-state index is 12.4. The number of aryl methyl sites for hydroxylation is 1. The SMILES string of the molecule is Cc1ccc(O)c(NC(=O)[C@H](C)c2ccc(CC(C)C)cc2)c1. The standard InChI is InChI=1S/C20H25NO2/c1-13(2)11-16-6-8-17(9-7-16)15(4)20(23)21-18-12-14(3)5-10-19(18)22/h5-10,12-13,15,22H,11H2,1-4H3,(H,21,23)/t15-/m1/s1. The van der Waals surface area contributed by atoms with Crippen LogP contribution in [0.1, 0.15) is 43.4 Å². The van der Waals surface area contributed by atoms with Crippen LogP contribution >= 0.6 is 0 Å². The van der Waals surface area contributed by atoms with Gasteiger partial charge >= 0.3 is 0 Å². The van der Waals surface area contributed by atoms with E-state index in [1.54, 1.807) is 12.1 Å². The third kappa shape index (κ3) is 4.59. The van der Waals surface area contributed by atoms with Crippen LogP contribution in [-0.4, -0.2) is 11.0 Å². The van der Waals surface area contributed by atoms with Crippen molar-refractivity contribution in [3.05, 3.63) is 59.2 Å². The first-order valence-corrected chi connectivity index (χ1v) is 8.06. The predicted molar refractivity (Wildman–Crippen MR) is 94.9 cm³/mol. The first-order chi connectivity index (χ1) is 10.9. The first-order valence-electron chi connectivity index (χ1n) is 8.06. The summed E-state index contributed by atoms with van der Waals surface area (Å²) in [4.78, 5) is 12.4. The van der Waals surface area contributed by atoms with Crippen LogP contribution in [0.2, 0.25) is 0 Å². The Labute approximate surface area is 138 Å². The highest BCUT2D eigenvalue weighted by atomic mass is 16.3. The van der Waals surface area contributed by atoms with Gasteiger partial charge in [0.25, 0.3) is 0 Å². The van der Waals surface area contributed by atoms with Gasteiger partial charge in [-0.1, -0.05) is 44.2 Å². The van der Waals surface area contributed by atoms with Crippen molar-refractivity contribution < 1.29 is 9.90 Å². The van der Waals surface area contributed by atoms with Gasteiger partial charge in [0.2, 0.25) is 5.91 Å². The van der Waals surface area contributed by atoms with E-state index in [0.29, 0.717) is 11.6 Å². The third-order valence-corrected chi connectivity index (χ3v) is 3.93. The Hall–Kier alpha value is -2.29. The molecule has 0 heterocycles. The van der Waals surface area contributed by atoms with Gasteiger partial charge in [0.15, 0.2) is 0 Å². The van der Waals surface area contributed by atoms with E-state index in [0.717, 1.165) is 17.5 Å². The molecule has 0 aliphatic heterocycles. The Morgan fingerprint density at radius 1 is 1.09 bits per heavy atom. The molecule has 0 radical (unpaired) electrons. The van der Waals surface area contributed by atoms with Crippen molar-refractivity contribution in [1.29, 1.82) is 0 Å². The second kappa shape index (κ2) is 7.32. The molecule has 0 aliphatic carbocycles. The number of anilines is 1. The second-order valence-corrected chi connectivity index (χ2v) is 6.57. The number of carbonyl (C=O) groups is 1. The lowest BCUT2D eigenvalue weighted by atomic mass is 9.96. The lowest BCUT2D eigenvalue weighted by molar-refractivity contribution is -0.117. The van der Waals surface area contributed by atoms with Gasteiger partial charge in [0, 0.05) is 0 Å². The normalized spacial score (nSPS) is 12.2. The quantitative estimate of drug-likeness (QED) is 0.790. The summed E-state index contributed by atoms with van der Waals surface area (Å²) < 4.78 is 0. The van der Waals surface area contributed by atoms with Crippen LogP contribution in [0.5, 0.6) is 5.75 Å². The fourth-order valence-electron chi connectivity index (χ4n) is 2.56. The summed E-state index contributed by atoms with van der Waals surface area (Å²) in [6.07, 6.45) is 1.04. The molecule has 2 N–H and O–H groups in total. The molecule has 122 valence electrons. The van der Waals surface area contributed by atoms with Crippen LogP contribution in [0.25, 0.3) is 0 Å². The number of nitrogens with one attached hydrogen (secondary N) is 1. The molecule has 23 heavy (non-hydrogen) atoms. The highest BCUT2D eigenvalue weighted by Gasteiger charge is 2.16. The van der Waals surface area contributed by atoms with Crippen LogP contribution in [0.4, 0.5) is 5.69 Å². The number of carbonyl (C=O) groups excluding carboxylic acids is 1. The van der Waals surface area contributed by atoms with Gasteiger partial charge in [-0.15, -0.1) is 0 Å². The number of rotatable bonds is 5. The van der Waals surface area contributed by atoms with Crippen LogP contribution in [0.15, 0.2) is 42.5 Å². The van der Waals surface area contributed by atoms with Gasteiger partial charge in [-0.2, -0.15) is 0 Å². The maximum Gasteiger partial charge on any atom is 0.231 e. The number of phenolic OH excluding ortho intramolecular Hbond substituents is 1. The molecule has 1 atom stereocenters. The number of hydrogen-bond donors (Lipinski definition) is 2. The highest BCUT2D eigenvalue weighted by Crippen LogP contribution is 2.26. The van der Waals surface area contributed by atoms with Crippen molar-refractivity contribution in [1.82, 2.24) is 0 Å². The van der Waals surface area contributed by atoms with Gasteiger partial charge in [-0.25, -0.2) is 0 Å². The minimum atomic E-state index is -0.275. The number of amides is 1. The first kappa shape index (κ1) is 17.1. The van der Waals surface area contributed by atoms with E-state index in [1.807, 2.05) is 32.0 Å². The van der Waals surface area contributed by atoms with Crippen molar-refractivity contribution in [3.8, 4) is 5.75 Å². The summed E-state index contributed by atoms with van der Waals surface area (Å²) in [6.45, 7) is 8.18. The minimum absolute atomic E-state index is 0.0865. The molecule has 2 rings (SSSR count). The molecule has 0 spiro atoms. The van der Waals surface area contributed by atoms with Crippen LogP contribution in [-0.2, 0) is 11.2 Å². The lowest BCUT2D eigenvalue weighted by Crippen LogP contribution is -2.19. The molecule has 0 aromatic heterocycles. The number of hydrogen-bond acceptors (Lipinski definition) is 2. The maximum atomic E-state index is 12.4. The fraction of sp³-hybridized carbons (Fsp3) is 0.350. The average Bonchev–Trinajstić information content (AvgIpc) is 2.50. The van der Waals surface area contributed by atoms with Crippen LogP contribution in [0, 0.1) is 12.8 Å². The summed E-state index contributed by atoms with van der Waals surface area (Å²) in [7, 11) is 0. The average molecular weight is 311 g/mol. The summed E-state index contributed by atoms with van der Waals surface area (Å²) in [6, 6.07) is 13.4. The van der Waals surface area contributed by atoms with Crippen molar-refractivity contribution in [2.45, 2.75) is 40.0 Å². The molecule has 0 aliphatic rings. The Morgan fingerprint density at radius 3 is 2.35 bits per heavy atom. The zero-order chi connectivity index (χ0) is 17.0. The summed E-state index contributed by atoms with van der Waals surface area (Å²) in [5.74, 6) is 0.305. The van der Waals surface area contributed by atoms with E-state index in [2.05, 4.69) is 31.3 Å². The molecular weight excluding hydrogens is 286 g/mol. The van der Waals surface area contributed by atoms with Crippen LogP contribution in [0.3, 0.4) is 0 Å². The Kier molecular flexibility index (Phi) is 5.43. The largest absolute Gasteiger partial charge is 0.506 e. The fourth-order valence-corrected chi connectivity index (χ4v) is 2.56. The van der Waals surface area contributed by atoms with Gasteiger partial charge in [-0.05, 0) is 55.0 Å². The van der Waals surface area contributed by atoms with Crippen LogP contribution < -0.4 is 5.32 Å². The monoisotopic (exact) mass is 311 g/mol. The van der Waals surface area contributed by atoms with Gasteiger partial charge in [-0.3, -0.25) is 4.79 Å². The third-order valence-electron chi connectivity index (χ3n) is 3.93. The van der Waals surface area contributed by atoms with E-state index in [9.17, 15) is 9.90 Å². The van der Waals surface area contributed by atoms with E-state index in [-0.39, 0.29) is 17.6 Å². The number of phenols is 1. The number of benzene rings is 2. The van der Waals surface area contributed by atoms with E-state index in [4.69, 9.17) is 0 Å². The topological polar surface area (TPSA) is 49.3 Å². The molecule has 2 aromatic carbocycles. The highest BCUT2D eigenvalue weighted by molar-refractivity contribution is 5.96. The molecule has 3 nitrogen and oxygen atoms in total. The molecule has 3 heteroatoms. The summed E-state index contributed by atoms with van der Waals surface area (Å²) >= 11 is 0. The molecule has 2 aromatic rings. The molecular formula is C20H25NO2. The Bertz CT molecular complexity index is 675. The molecule has 0 bridgehead atoms. The van der Waals surface area contributed by atoms with Gasteiger partial charge in [0.1, 0.15) is 5.75 Å². The zero-order valence-electron chi connectivity index (χ0n) is 14.3. The molecule has 0 saturated carbocycles. The van der Waals surface area contributed by atoms with Crippen molar-refractivity contribution >= 4 is 11.6 Å². The van der Waals surface area contributed by atoms with Crippen molar-refractivity contribution in [2.24, 2.45) is 5.92 Å². The number of aromatic hydroxyl groups is 1. The summed E-state index contributed by atoms with van der Waals surface area (Å²) in [5, 5.41) is 12.6. The second-order valence-electron chi connectivity index (χ2n) is 6.57. The van der Waals surface area contributed by atoms with Crippen molar-refractivity contribution in [2.75, 3.05) is 5.32 Å². The van der Waals surface area contributed by atoms with E-state index >= 15 is 0 Å². The molecule has 0 unspecified atom stereocenters.